The Kier molecular flexibility index (Phi) is 4.37. The summed E-state index contributed by atoms with van der Waals surface area (Å²) in [7, 11) is 0. The molecule has 0 saturated carbocycles. The number of benzene rings is 1. The second-order valence-electron chi connectivity index (χ2n) is 5.58. The fourth-order valence-electron chi connectivity index (χ4n) is 2.53. The van der Waals surface area contributed by atoms with Gasteiger partial charge in [0.2, 0.25) is 0 Å². The van der Waals surface area contributed by atoms with Crippen LogP contribution in [0.25, 0.3) is 10.9 Å². The number of carbonyl (C=O) groups is 1. The highest BCUT2D eigenvalue weighted by Crippen LogP contribution is 2.07. The number of hydrogen-bond acceptors (Lipinski definition) is 4. The lowest BCUT2D eigenvalue weighted by Crippen LogP contribution is -2.32. The molecule has 3 aromatic rings. The zero-order chi connectivity index (χ0) is 17.1. The Bertz CT molecular complexity index is 945. The molecule has 6 nitrogen and oxygen atoms in total. The molecule has 0 spiro atoms. The fraction of sp³-hybridized carbons (Fsp3) is 0.222. The van der Waals surface area contributed by atoms with E-state index in [1.165, 1.54) is 0 Å². The number of amides is 1. The molecule has 0 aliphatic rings. The third kappa shape index (κ3) is 3.17. The van der Waals surface area contributed by atoms with E-state index in [-0.39, 0.29) is 11.5 Å². The van der Waals surface area contributed by atoms with Crippen LogP contribution in [0.15, 0.2) is 47.4 Å². The normalized spacial score (nSPS) is 10.8. The lowest BCUT2D eigenvalue weighted by Gasteiger charge is -2.11. The molecule has 1 amide bonds. The number of fused-ring (bicyclic) bond motifs is 1. The third-order valence-electron chi connectivity index (χ3n) is 3.85. The molecule has 2 heterocycles. The van der Waals surface area contributed by atoms with E-state index in [2.05, 4.69) is 15.3 Å². The summed E-state index contributed by atoms with van der Waals surface area (Å²) in [5.41, 5.74) is 1.95. The molecule has 1 aromatic carbocycles. The Morgan fingerprint density at radius 3 is 2.71 bits per heavy atom. The van der Waals surface area contributed by atoms with Gasteiger partial charge in [0.05, 0.1) is 16.5 Å². The van der Waals surface area contributed by atoms with Crippen molar-refractivity contribution in [1.82, 2.24) is 19.9 Å². The molecule has 0 radical (unpaired) electrons. The summed E-state index contributed by atoms with van der Waals surface area (Å²) in [5.74, 6) is 0.423. The minimum absolute atomic E-state index is 0.0932. The first-order chi connectivity index (χ1) is 11.6. The summed E-state index contributed by atoms with van der Waals surface area (Å²) in [5, 5.41) is 3.38. The average molecular weight is 322 g/mol. The number of aryl methyl sites for hydroxylation is 2. The van der Waals surface area contributed by atoms with Crippen LogP contribution < -0.4 is 10.9 Å². The lowest BCUT2D eigenvalue weighted by atomic mass is 10.2. The van der Waals surface area contributed by atoms with Crippen molar-refractivity contribution in [3.05, 3.63) is 70.0 Å². The van der Waals surface area contributed by atoms with Gasteiger partial charge in [0.15, 0.2) is 0 Å². The molecule has 0 fully saturated rings. The number of hydrogen-bond donors (Lipinski definition) is 1. The van der Waals surface area contributed by atoms with Crippen LogP contribution in [0.1, 0.15) is 21.9 Å². The second kappa shape index (κ2) is 6.62. The van der Waals surface area contributed by atoms with Crippen LogP contribution in [0, 0.1) is 13.8 Å². The summed E-state index contributed by atoms with van der Waals surface area (Å²) in [6.45, 7) is 4.37. The smallest absolute Gasteiger partial charge is 0.261 e. The van der Waals surface area contributed by atoms with Gasteiger partial charge in [-0.05, 0) is 38.1 Å². The minimum atomic E-state index is -0.207. The quantitative estimate of drug-likeness (QED) is 0.795. The summed E-state index contributed by atoms with van der Waals surface area (Å²) < 4.78 is 1.58. The molecule has 2 aromatic heterocycles. The molecule has 0 aliphatic carbocycles. The van der Waals surface area contributed by atoms with Crippen molar-refractivity contribution in [3.8, 4) is 0 Å². The summed E-state index contributed by atoms with van der Waals surface area (Å²) >= 11 is 0. The van der Waals surface area contributed by atoms with Gasteiger partial charge in [0.1, 0.15) is 5.82 Å². The van der Waals surface area contributed by atoms with Gasteiger partial charge in [-0.15, -0.1) is 0 Å². The zero-order valence-electron chi connectivity index (χ0n) is 13.6. The molecule has 0 aliphatic heterocycles. The standard InChI is InChI=1S/C18H18N4O2/c1-12-7-8-14(11-20-12)17(23)19-9-10-22-13(2)21-16-6-4-3-5-15(16)18(22)24/h3-8,11H,9-10H2,1-2H3,(H,19,23). The van der Waals surface area contributed by atoms with Crippen molar-refractivity contribution in [2.45, 2.75) is 20.4 Å². The average Bonchev–Trinajstić information content (AvgIpc) is 2.58. The van der Waals surface area contributed by atoms with Crippen molar-refractivity contribution < 1.29 is 4.79 Å². The van der Waals surface area contributed by atoms with Crippen LogP contribution in [0.3, 0.4) is 0 Å². The fourth-order valence-corrected chi connectivity index (χ4v) is 2.53. The molecule has 0 saturated heterocycles. The highest BCUT2D eigenvalue weighted by molar-refractivity contribution is 5.93. The SMILES string of the molecule is Cc1ccc(C(=O)NCCn2c(C)nc3ccccc3c2=O)cn1. The second-order valence-corrected chi connectivity index (χ2v) is 5.58. The Balaban J connectivity index is 1.73. The molecule has 3 rings (SSSR count). The molecular formula is C18H18N4O2. The van der Waals surface area contributed by atoms with Crippen LogP contribution in [0.4, 0.5) is 0 Å². The number of aromatic nitrogens is 3. The number of carbonyl (C=O) groups excluding carboxylic acids is 1. The van der Waals surface area contributed by atoms with Crippen LogP contribution in [0.2, 0.25) is 0 Å². The number of pyridine rings is 1. The van der Waals surface area contributed by atoms with Crippen molar-refractivity contribution in [2.24, 2.45) is 0 Å². The molecule has 0 unspecified atom stereocenters. The van der Waals surface area contributed by atoms with Crippen molar-refractivity contribution in [1.29, 1.82) is 0 Å². The third-order valence-corrected chi connectivity index (χ3v) is 3.85. The molecular weight excluding hydrogens is 304 g/mol. The van der Waals surface area contributed by atoms with Gasteiger partial charge in [0, 0.05) is 25.0 Å². The van der Waals surface area contributed by atoms with Crippen molar-refractivity contribution in [2.75, 3.05) is 6.54 Å². The minimum Gasteiger partial charge on any atom is -0.350 e. The van der Waals surface area contributed by atoms with E-state index in [9.17, 15) is 9.59 Å². The van der Waals surface area contributed by atoms with Crippen molar-refractivity contribution in [3.63, 3.8) is 0 Å². The number of nitrogens with zero attached hydrogens (tertiary/aromatic N) is 3. The summed E-state index contributed by atoms with van der Waals surface area (Å²) in [6.07, 6.45) is 1.54. The first-order valence-corrected chi connectivity index (χ1v) is 7.73. The van der Waals surface area contributed by atoms with E-state index in [1.54, 1.807) is 35.9 Å². The molecule has 0 bridgehead atoms. The van der Waals surface area contributed by atoms with Gasteiger partial charge in [-0.25, -0.2) is 4.98 Å². The topological polar surface area (TPSA) is 76.9 Å². The highest BCUT2D eigenvalue weighted by atomic mass is 16.1. The maximum Gasteiger partial charge on any atom is 0.261 e. The first-order valence-electron chi connectivity index (χ1n) is 7.73. The highest BCUT2D eigenvalue weighted by Gasteiger charge is 2.09. The van der Waals surface area contributed by atoms with Crippen LogP contribution >= 0.6 is 0 Å². The van der Waals surface area contributed by atoms with Gasteiger partial charge >= 0.3 is 0 Å². The Labute approximate surface area is 139 Å². The van der Waals surface area contributed by atoms with Crippen LogP contribution in [0.5, 0.6) is 0 Å². The predicted molar refractivity (Wildman–Crippen MR) is 92.0 cm³/mol. The molecule has 1 N–H and O–H groups in total. The number of rotatable bonds is 4. The molecule has 0 atom stereocenters. The van der Waals surface area contributed by atoms with Crippen LogP contribution in [-0.4, -0.2) is 27.0 Å². The Morgan fingerprint density at radius 1 is 1.17 bits per heavy atom. The van der Waals surface area contributed by atoms with E-state index in [0.717, 1.165) is 5.69 Å². The van der Waals surface area contributed by atoms with E-state index >= 15 is 0 Å². The van der Waals surface area contributed by atoms with Gasteiger partial charge in [-0.2, -0.15) is 0 Å². The van der Waals surface area contributed by atoms with Gasteiger partial charge in [-0.3, -0.25) is 19.1 Å². The van der Waals surface area contributed by atoms with Crippen molar-refractivity contribution >= 4 is 16.8 Å². The maximum absolute atomic E-state index is 12.5. The number of nitrogens with one attached hydrogen (secondary N) is 1. The van der Waals surface area contributed by atoms with E-state index in [4.69, 9.17) is 0 Å². The van der Waals surface area contributed by atoms with Gasteiger partial charge < -0.3 is 5.32 Å². The summed E-state index contributed by atoms with van der Waals surface area (Å²) in [4.78, 5) is 33.2. The van der Waals surface area contributed by atoms with E-state index in [0.29, 0.717) is 35.4 Å². The monoisotopic (exact) mass is 322 g/mol. The zero-order valence-corrected chi connectivity index (χ0v) is 13.6. The van der Waals surface area contributed by atoms with E-state index in [1.807, 2.05) is 25.1 Å². The van der Waals surface area contributed by atoms with Crippen LogP contribution in [-0.2, 0) is 6.54 Å². The Morgan fingerprint density at radius 2 is 1.96 bits per heavy atom. The first kappa shape index (κ1) is 15.9. The largest absolute Gasteiger partial charge is 0.350 e. The van der Waals surface area contributed by atoms with Gasteiger partial charge in [-0.1, -0.05) is 12.1 Å². The predicted octanol–water partition coefficient (Wildman–Crippen LogP) is 1.84. The molecule has 122 valence electrons. The maximum atomic E-state index is 12.5. The number of para-hydroxylation sites is 1. The van der Waals surface area contributed by atoms with E-state index < -0.39 is 0 Å². The molecule has 24 heavy (non-hydrogen) atoms. The van der Waals surface area contributed by atoms with Gasteiger partial charge in [0.25, 0.3) is 11.5 Å². The Hall–Kier alpha value is -3.02. The molecule has 6 heteroatoms. The summed E-state index contributed by atoms with van der Waals surface area (Å²) in [6, 6.07) is 10.8. The lowest BCUT2D eigenvalue weighted by molar-refractivity contribution is 0.0951.